The van der Waals surface area contributed by atoms with Gasteiger partial charge in [0, 0.05) is 6.07 Å². The Bertz CT molecular complexity index is 860. The first-order valence-corrected chi connectivity index (χ1v) is 6.92. The number of para-hydroxylation sites is 1. The molecule has 0 spiro atoms. The largest absolute Gasteiger partial charge is 0.319 e. The average Bonchev–Trinajstić information content (AvgIpc) is 2.93. The van der Waals surface area contributed by atoms with Crippen molar-refractivity contribution in [2.75, 3.05) is 5.32 Å². The molecule has 0 aliphatic heterocycles. The van der Waals surface area contributed by atoms with Gasteiger partial charge in [0.1, 0.15) is 11.6 Å². The van der Waals surface area contributed by atoms with Gasteiger partial charge in [-0.15, -0.1) is 0 Å². The number of hydrogen-bond donors (Lipinski definition) is 1. The van der Waals surface area contributed by atoms with E-state index >= 15 is 0 Å². The number of halogens is 2. The van der Waals surface area contributed by atoms with E-state index < -0.39 is 17.5 Å². The Morgan fingerprint density at radius 3 is 2.61 bits per heavy atom. The SMILES string of the molecule is Cc1c(C(=O)Nc2cc(F)ccc2F)cnn1-c1ccccc1. The molecule has 0 saturated carbocycles. The zero-order chi connectivity index (χ0) is 16.4. The van der Waals surface area contributed by atoms with Crippen LogP contribution in [0.15, 0.2) is 54.7 Å². The summed E-state index contributed by atoms with van der Waals surface area (Å²) < 4.78 is 28.4. The lowest BCUT2D eigenvalue weighted by Crippen LogP contribution is -2.14. The lowest BCUT2D eigenvalue weighted by molar-refractivity contribution is 0.102. The van der Waals surface area contributed by atoms with E-state index in [0.717, 1.165) is 23.9 Å². The zero-order valence-electron chi connectivity index (χ0n) is 12.3. The van der Waals surface area contributed by atoms with Crippen LogP contribution in [-0.4, -0.2) is 15.7 Å². The molecule has 1 aromatic heterocycles. The average molecular weight is 313 g/mol. The normalized spacial score (nSPS) is 10.6. The second-order valence-electron chi connectivity index (χ2n) is 4.97. The predicted molar refractivity (Wildman–Crippen MR) is 82.6 cm³/mol. The number of carbonyl (C=O) groups is 1. The molecule has 0 aliphatic rings. The fourth-order valence-electron chi connectivity index (χ4n) is 2.24. The van der Waals surface area contributed by atoms with E-state index in [2.05, 4.69) is 10.4 Å². The van der Waals surface area contributed by atoms with Crippen LogP contribution in [0.4, 0.5) is 14.5 Å². The van der Waals surface area contributed by atoms with Gasteiger partial charge in [-0.25, -0.2) is 13.5 Å². The van der Waals surface area contributed by atoms with Crippen LogP contribution in [0.1, 0.15) is 16.1 Å². The molecule has 0 radical (unpaired) electrons. The number of nitrogens with zero attached hydrogens (tertiary/aromatic N) is 2. The summed E-state index contributed by atoms with van der Waals surface area (Å²) >= 11 is 0. The predicted octanol–water partition coefficient (Wildman–Crippen LogP) is 3.71. The number of nitrogens with one attached hydrogen (secondary N) is 1. The maximum atomic E-state index is 13.6. The van der Waals surface area contributed by atoms with Crippen molar-refractivity contribution >= 4 is 11.6 Å². The molecule has 0 bridgehead atoms. The molecule has 1 N–H and O–H groups in total. The Hall–Kier alpha value is -3.02. The Balaban J connectivity index is 1.89. The quantitative estimate of drug-likeness (QED) is 0.801. The number of rotatable bonds is 3. The maximum Gasteiger partial charge on any atom is 0.259 e. The molecule has 0 aliphatic carbocycles. The van der Waals surface area contributed by atoms with Gasteiger partial charge in [0.25, 0.3) is 5.91 Å². The molecule has 3 rings (SSSR count). The fraction of sp³-hybridized carbons (Fsp3) is 0.0588. The molecule has 2 aromatic carbocycles. The summed E-state index contributed by atoms with van der Waals surface area (Å²) in [4.78, 5) is 12.3. The molecule has 6 heteroatoms. The van der Waals surface area contributed by atoms with Gasteiger partial charge in [-0.3, -0.25) is 4.79 Å². The molecule has 4 nitrogen and oxygen atoms in total. The van der Waals surface area contributed by atoms with Crippen LogP contribution in [0, 0.1) is 18.6 Å². The first kappa shape index (κ1) is 14.9. The second kappa shape index (κ2) is 6.00. The van der Waals surface area contributed by atoms with Gasteiger partial charge in [-0.1, -0.05) is 18.2 Å². The number of carbonyl (C=O) groups excluding carboxylic acids is 1. The molecular formula is C17H13F2N3O. The highest BCUT2D eigenvalue weighted by Crippen LogP contribution is 2.19. The standard InChI is InChI=1S/C17H13F2N3O/c1-11-14(10-20-22(11)13-5-3-2-4-6-13)17(23)21-16-9-12(18)7-8-15(16)19/h2-10H,1H3,(H,21,23). The van der Waals surface area contributed by atoms with E-state index in [1.165, 1.54) is 6.20 Å². The molecular weight excluding hydrogens is 300 g/mol. The van der Waals surface area contributed by atoms with Gasteiger partial charge in [-0.2, -0.15) is 5.10 Å². The summed E-state index contributed by atoms with van der Waals surface area (Å²) in [7, 11) is 0. The number of amides is 1. The van der Waals surface area contributed by atoms with Crippen LogP contribution in [0.25, 0.3) is 5.69 Å². The smallest absolute Gasteiger partial charge is 0.259 e. The highest BCUT2D eigenvalue weighted by molar-refractivity contribution is 6.05. The minimum atomic E-state index is -0.701. The van der Waals surface area contributed by atoms with Gasteiger partial charge in [0.05, 0.1) is 28.8 Å². The van der Waals surface area contributed by atoms with Crippen LogP contribution >= 0.6 is 0 Å². The molecule has 23 heavy (non-hydrogen) atoms. The third kappa shape index (κ3) is 2.96. The third-order valence-electron chi connectivity index (χ3n) is 3.43. The van der Waals surface area contributed by atoms with Crippen molar-refractivity contribution in [3.05, 3.63) is 77.6 Å². The first-order valence-electron chi connectivity index (χ1n) is 6.92. The van der Waals surface area contributed by atoms with E-state index in [0.29, 0.717) is 5.69 Å². The van der Waals surface area contributed by atoms with E-state index in [1.807, 2.05) is 30.3 Å². The minimum absolute atomic E-state index is 0.207. The van der Waals surface area contributed by atoms with Crippen LogP contribution in [0.2, 0.25) is 0 Å². The van der Waals surface area contributed by atoms with Crippen molar-refractivity contribution in [2.24, 2.45) is 0 Å². The summed E-state index contributed by atoms with van der Waals surface area (Å²) in [6, 6.07) is 12.2. The minimum Gasteiger partial charge on any atom is -0.319 e. The van der Waals surface area contributed by atoms with Crippen LogP contribution < -0.4 is 5.32 Å². The van der Waals surface area contributed by atoms with Gasteiger partial charge in [0.15, 0.2) is 0 Å². The molecule has 0 unspecified atom stereocenters. The van der Waals surface area contributed by atoms with Crippen LogP contribution in [0.3, 0.4) is 0 Å². The Morgan fingerprint density at radius 2 is 1.87 bits per heavy atom. The van der Waals surface area contributed by atoms with Crippen LogP contribution in [-0.2, 0) is 0 Å². The van der Waals surface area contributed by atoms with Gasteiger partial charge in [-0.05, 0) is 31.2 Å². The highest BCUT2D eigenvalue weighted by Gasteiger charge is 2.16. The van der Waals surface area contributed by atoms with Gasteiger partial charge in [0.2, 0.25) is 0 Å². The third-order valence-corrected chi connectivity index (χ3v) is 3.43. The summed E-state index contributed by atoms with van der Waals surface area (Å²) in [6.07, 6.45) is 1.40. The van der Waals surface area contributed by atoms with E-state index in [1.54, 1.807) is 11.6 Å². The van der Waals surface area contributed by atoms with Gasteiger partial charge >= 0.3 is 0 Å². The number of aromatic nitrogens is 2. The molecule has 0 saturated heterocycles. The lowest BCUT2D eigenvalue weighted by atomic mass is 10.2. The summed E-state index contributed by atoms with van der Waals surface area (Å²) in [6.45, 7) is 1.73. The Labute approximate surface area is 131 Å². The van der Waals surface area contributed by atoms with Gasteiger partial charge < -0.3 is 5.32 Å². The number of hydrogen-bond acceptors (Lipinski definition) is 2. The molecule has 1 heterocycles. The maximum absolute atomic E-state index is 13.6. The number of benzene rings is 2. The van der Waals surface area contributed by atoms with Crippen molar-refractivity contribution in [3.8, 4) is 5.69 Å². The monoisotopic (exact) mass is 313 g/mol. The number of anilines is 1. The zero-order valence-corrected chi connectivity index (χ0v) is 12.3. The summed E-state index contributed by atoms with van der Waals surface area (Å²) in [5, 5.41) is 6.54. The highest BCUT2D eigenvalue weighted by atomic mass is 19.1. The van der Waals surface area contributed by atoms with E-state index in [4.69, 9.17) is 0 Å². The lowest BCUT2D eigenvalue weighted by Gasteiger charge is -2.07. The van der Waals surface area contributed by atoms with Crippen molar-refractivity contribution in [2.45, 2.75) is 6.92 Å². The molecule has 1 amide bonds. The molecule has 0 atom stereocenters. The van der Waals surface area contributed by atoms with Crippen molar-refractivity contribution in [1.29, 1.82) is 0 Å². The Kier molecular flexibility index (Phi) is 3.89. The topological polar surface area (TPSA) is 46.9 Å². The van der Waals surface area contributed by atoms with Crippen LogP contribution in [0.5, 0.6) is 0 Å². The van der Waals surface area contributed by atoms with Crippen molar-refractivity contribution in [3.63, 3.8) is 0 Å². The molecule has 3 aromatic rings. The van der Waals surface area contributed by atoms with Crippen molar-refractivity contribution in [1.82, 2.24) is 9.78 Å². The summed E-state index contributed by atoms with van der Waals surface area (Å²) in [5.74, 6) is -1.87. The molecule has 0 fully saturated rings. The molecule has 116 valence electrons. The summed E-state index contributed by atoms with van der Waals surface area (Å²) in [5.41, 5.74) is 1.49. The fourth-order valence-corrected chi connectivity index (χ4v) is 2.24. The Morgan fingerprint density at radius 1 is 1.13 bits per heavy atom. The van der Waals surface area contributed by atoms with E-state index in [-0.39, 0.29) is 11.3 Å². The second-order valence-corrected chi connectivity index (χ2v) is 4.97. The van der Waals surface area contributed by atoms with E-state index in [9.17, 15) is 13.6 Å². The van der Waals surface area contributed by atoms with Crippen molar-refractivity contribution < 1.29 is 13.6 Å². The first-order chi connectivity index (χ1) is 11.1.